The number of nitrogen functional groups attached to an aromatic ring is 1. The number of hydrogen-bond donors (Lipinski definition) is 3. The lowest BCUT2D eigenvalue weighted by atomic mass is 9.78. The highest BCUT2D eigenvalue weighted by Crippen LogP contribution is 2.68. The summed E-state index contributed by atoms with van der Waals surface area (Å²) in [4.78, 5) is 8.67. The predicted molar refractivity (Wildman–Crippen MR) is 85.9 cm³/mol. The van der Waals surface area contributed by atoms with Crippen LogP contribution in [0.2, 0.25) is 0 Å². The first-order valence-electron chi connectivity index (χ1n) is 7.85. The minimum Gasteiger partial charge on any atom is -0.370 e. The van der Waals surface area contributed by atoms with E-state index in [4.69, 9.17) is 11.5 Å². The molecule has 0 radical (unpaired) electrons. The van der Waals surface area contributed by atoms with E-state index >= 15 is 0 Å². The molecule has 0 unspecified atom stereocenters. The standard InChI is InChI=1S/C16H27N5/c1-15(2)12(16(15,3)4)8-19-13-7-11(20-14(18)21-13)9-5-10(17)6-9/h7,9-10,12H,5-6,8,17H2,1-4H3,(H3,18,19,20,21). The maximum Gasteiger partial charge on any atom is 0.222 e. The highest BCUT2D eigenvalue weighted by atomic mass is 15.1. The van der Waals surface area contributed by atoms with E-state index < -0.39 is 0 Å². The summed E-state index contributed by atoms with van der Waals surface area (Å²) in [6.07, 6.45) is 2.00. The van der Waals surface area contributed by atoms with Crippen molar-refractivity contribution in [3.05, 3.63) is 11.8 Å². The van der Waals surface area contributed by atoms with Crippen molar-refractivity contribution >= 4 is 11.8 Å². The molecule has 1 heterocycles. The van der Waals surface area contributed by atoms with E-state index in [1.807, 2.05) is 6.07 Å². The number of nitrogens with one attached hydrogen (secondary N) is 1. The highest BCUT2D eigenvalue weighted by Gasteiger charge is 2.64. The molecule has 5 N–H and O–H groups in total. The SMILES string of the molecule is CC1(C)C(CNc2cc(C3CC(N)C3)nc(N)n2)C1(C)C. The molecule has 1 aromatic heterocycles. The van der Waals surface area contributed by atoms with Crippen molar-refractivity contribution in [1.82, 2.24) is 9.97 Å². The molecule has 5 nitrogen and oxygen atoms in total. The third-order valence-corrected chi connectivity index (χ3v) is 6.16. The summed E-state index contributed by atoms with van der Waals surface area (Å²) in [5, 5.41) is 3.45. The summed E-state index contributed by atoms with van der Waals surface area (Å²) < 4.78 is 0. The van der Waals surface area contributed by atoms with Gasteiger partial charge in [0.2, 0.25) is 5.95 Å². The van der Waals surface area contributed by atoms with Crippen molar-refractivity contribution in [1.29, 1.82) is 0 Å². The summed E-state index contributed by atoms with van der Waals surface area (Å²) in [6.45, 7) is 10.2. The largest absolute Gasteiger partial charge is 0.370 e. The molecule has 3 rings (SSSR count). The molecule has 21 heavy (non-hydrogen) atoms. The molecule has 0 atom stereocenters. The number of aromatic nitrogens is 2. The first kappa shape index (κ1) is 14.6. The van der Waals surface area contributed by atoms with Crippen LogP contribution in [0.25, 0.3) is 0 Å². The molecule has 0 aromatic carbocycles. The lowest BCUT2D eigenvalue weighted by Crippen LogP contribution is -2.35. The topological polar surface area (TPSA) is 89.8 Å². The summed E-state index contributed by atoms with van der Waals surface area (Å²) in [5.41, 5.74) is 13.5. The van der Waals surface area contributed by atoms with Gasteiger partial charge in [0.05, 0.1) is 5.69 Å². The van der Waals surface area contributed by atoms with Crippen molar-refractivity contribution in [3.63, 3.8) is 0 Å². The van der Waals surface area contributed by atoms with Crippen LogP contribution in [-0.2, 0) is 0 Å². The molecule has 0 bridgehead atoms. The van der Waals surface area contributed by atoms with Crippen LogP contribution in [0.4, 0.5) is 11.8 Å². The Hall–Kier alpha value is -1.36. The van der Waals surface area contributed by atoms with Crippen LogP contribution in [0, 0.1) is 16.7 Å². The normalized spacial score (nSPS) is 29.8. The lowest BCUT2D eigenvalue weighted by molar-refractivity contribution is 0.345. The van der Waals surface area contributed by atoms with Crippen molar-refractivity contribution in [3.8, 4) is 0 Å². The van der Waals surface area contributed by atoms with Gasteiger partial charge in [0, 0.05) is 24.6 Å². The van der Waals surface area contributed by atoms with Crippen LogP contribution < -0.4 is 16.8 Å². The number of rotatable bonds is 4. The molecule has 116 valence electrons. The van der Waals surface area contributed by atoms with Gasteiger partial charge in [-0.1, -0.05) is 27.7 Å². The maximum atomic E-state index is 5.86. The lowest BCUT2D eigenvalue weighted by Gasteiger charge is -2.32. The van der Waals surface area contributed by atoms with Crippen molar-refractivity contribution in [2.75, 3.05) is 17.6 Å². The molecular weight excluding hydrogens is 262 g/mol. The van der Waals surface area contributed by atoms with Gasteiger partial charge in [-0.15, -0.1) is 0 Å². The monoisotopic (exact) mass is 289 g/mol. The molecule has 2 aliphatic carbocycles. The predicted octanol–water partition coefficient (Wildman–Crippen LogP) is 2.36. The Morgan fingerprint density at radius 2 is 1.81 bits per heavy atom. The first-order chi connectivity index (χ1) is 9.71. The molecule has 0 amide bonds. The summed E-state index contributed by atoms with van der Waals surface area (Å²) >= 11 is 0. The van der Waals surface area contributed by atoms with Crippen molar-refractivity contribution in [2.24, 2.45) is 22.5 Å². The van der Waals surface area contributed by atoms with Gasteiger partial charge in [-0.2, -0.15) is 4.98 Å². The minimum atomic E-state index is 0.315. The second-order valence-corrected chi connectivity index (χ2v) is 7.84. The van der Waals surface area contributed by atoms with E-state index in [0.717, 1.165) is 30.9 Å². The third-order valence-electron chi connectivity index (χ3n) is 6.16. The molecule has 0 saturated heterocycles. The summed E-state index contributed by atoms with van der Waals surface area (Å²) in [5.74, 6) is 2.29. The van der Waals surface area contributed by atoms with Crippen LogP contribution in [0.3, 0.4) is 0 Å². The Bertz CT molecular complexity index is 532. The number of anilines is 2. The quantitative estimate of drug-likeness (QED) is 0.791. The van der Waals surface area contributed by atoms with Gasteiger partial charge in [-0.3, -0.25) is 0 Å². The molecule has 5 heteroatoms. The average Bonchev–Trinajstić information content (AvgIpc) is 2.72. The maximum absolute atomic E-state index is 5.86. The fraction of sp³-hybridized carbons (Fsp3) is 0.750. The first-order valence-corrected chi connectivity index (χ1v) is 7.85. The van der Waals surface area contributed by atoms with Gasteiger partial charge in [0.15, 0.2) is 0 Å². The van der Waals surface area contributed by atoms with Crippen LogP contribution in [0.15, 0.2) is 6.07 Å². The second kappa shape index (κ2) is 4.57. The van der Waals surface area contributed by atoms with E-state index in [0.29, 0.717) is 34.7 Å². The average molecular weight is 289 g/mol. The highest BCUT2D eigenvalue weighted by molar-refractivity contribution is 5.42. The fourth-order valence-electron chi connectivity index (χ4n) is 3.74. The number of hydrogen-bond acceptors (Lipinski definition) is 5. The number of nitrogens with two attached hydrogens (primary N) is 2. The van der Waals surface area contributed by atoms with Gasteiger partial charge in [-0.25, -0.2) is 4.98 Å². The number of nitrogens with zero attached hydrogens (tertiary/aromatic N) is 2. The van der Waals surface area contributed by atoms with E-state index in [1.165, 1.54) is 0 Å². The Morgan fingerprint density at radius 1 is 1.19 bits per heavy atom. The smallest absolute Gasteiger partial charge is 0.222 e. The van der Waals surface area contributed by atoms with Crippen LogP contribution >= 0.6 is 0 Å². The Labute approximate surface area is 126 Å². The molecule has 0 aliphatic heterocycles. The molecule has 2 aliphatic rings. The molecule has 0 spiro atoms. The molecule has 2 fully saturated rings. The van der Waals surface area contributed by atoms with Crippen LogP contribution in [-0.4, -0.2) is 22.6 Å². The van der Waals surface area contributed by atoms with Crippen molar-refractivity contribution < 1.29 is 0 Å². The van der Waals surface area contributed by atoms with Crippen LogP contribution in [0.1, 0.15) is 52.1 Å². The van der Waals surface area contributed by atoms with Crippen LogP contribution in [0.5, 0.6) is 0 Å². The fourth-order valence-corrected chi connectivity index (χ4v) is 3.74. The van der Waals surface area contributed by atoms with E-state index in [2.05, 4.69) is 43.0 Å². The zero-order chi connectivity index (χ0) is 15.4. The third kappa shape index (κ3) is 2.37. The molecule has 1 aromatic rings. The summed E-state index contributed by atoms with van der Waals surface area (Å²) in [6, 6.07) is 2.35. The zero-order valence-corrected chi connectivity index (χ0v) is 13.5. The Kier molecular flexibility index (Phi) is 3.17. The Morgan fingerprint density at radius 3 is 2.33 bits per heavy atom. The molecular formula is C16H27N5. The summed E-state index contributed by atoms with van der Waals surface area (Å²) in [7, 11) is 0. The van der Waals surface area contributed by atoms with Gasteiger partial charge >= 0.3 is 0 Å². The van der Waals surface area contributed by atoms with Gasteiger partial charge < -0.3 is 16.8 Å². The van der Waals surface area contributed by atoms with E-state index in [1.54, 1.807) is 0 Å². The van der Waals surface area contributed by atoms with Gasteiger partial charge in [0.1, 0.15) is 5.82 Å². The Balaban J connectivity index is 1.66. The molecule has 2 saturated carbocycles. The second-order valence-electron chi connectivity index (χ2n) is 7.84. The minimum absolute atomic E-state index is 0.315. The van der Waals surface area contributed by atoms with Crippen molar-refractivity contribution in [2.45, 2.75) is 52.5 Å². The zero-order valence-electron chi connectivity index (χ0n) is 13.5. The van der Waals surface area contributed by atoms with Gasteiger partial charge in [-0.05, 0) is 29.6 Å². The van der Waals surface area contributed by atoms with E-state index in [-0.39, 0.29) is 0 Å². The van der Waals surface area contributed by atoms with Gasteiger partial charge in [0.25, 0.3) is 0 Å². The van der Waals surface area contributed by atoms with E-state index in [9.17, 15) is 0 Å².